The molecule has 0 saturated heterocycles. The van der Waals surface area contributed by atoms with Crippen LogP contribution in [0.4, 0.5) is 4.79 Å². The summed E-state index contributed by atoms with van der Waals surface area (Å²) in [7, 11) is 0. The number of rotatable bonds is 6. The second-order valence-electron chi connectivity index (χ2n) is 6.21. The van der Waals surface area contributed by atoms with E-state index in [0.29, 0.717) is 23.3 Å². The highest BCUT2D eigenvalue weighted by Gasteiger charge is 2.21. The second kappa shape index (κ2) is 9.12. The van der Waals surface area contributed by atoms with Crippen molar-refractivity contribution in [1.29, 1.82) is 0 Å². The van der Waals surface area contributed by atoms with Crippen LogP contribution in [0.5, 0.6) is 0 Å². The number of nitrogens with one attached hydrogen (secondary N) is 2. The molecule has 0 aliphatic rings. The molecule has 1 atom stereocenters. The average molecular weight is 417 g/mol. The predicted octanol–water partition coefficient (Wildman–Crippen LogP) is 4.06. The number of thioether (sulfide) groups is 1. The molecular formula is C20H21ClN4O2S. The lowest BCUT2D eigenvalue weighted by atomic mass is 10.2. The molecule has 0 bridgehead atoms. The standard InChI is InChI=1S/C20H21ClN4O2S/c1-3-22-19(27)24-18(26)13(2)28-20-23-16-11-15(21)9-10-17(16)25(20)12-14-7-5-4-6-8-14/h4-11,13H,3,12H2,1-2H3,(H2,22,24,26,27)/t13-/m0/s1. The predicted molar refractivity (Wildman–Crippen MR) is 113 cm³/mol. The molecule has 2 aromatic carbocycles. The number of fused-ring (bicyclic) bond motifs is 1. The van der Waals surface area contributed by atoms with Crippen LogP contribution in [0.1, 0.15) is 19.4 Å². The van der Waals surface area contributed by atoms with Crippen LogP contribution in [-0.4, -0.2) is 33.3 Å². The van der Waals surface area contributed by atoms with Crippen LogP contribution >= 0.6 is 23.4 Å². The molecule has 3 rings (SSSR count). The van der Waals surface area contributed by atoms with Gasteiger partial charge in [-0.05, 0) is 37.6 Å². The molecular weight excluding hydrogens is 396 g/mol. The number of carbonyl (C=O) groups is 2. The molecule has 28 heavy (non-hydrogen) atoms. The van der Waals surface area contributed by atoms with Crippen LogP contribution in [0.15, 0.2) is 53.7 Å². The average Bonchev–Trinajstić information content (AvgIpc) is 2.98. The summed E-state index contributed by atoms with van der Waals surface area (Å²) in [6, 6.07) is 15.1. The van der Waals surface area contributed by atoms with Gasteiger partial charge in [-0.2, -0.15) is 0 Å². The molecule has 3 amide bonds. The van der Waals surface area contributed by atoms with Crippen molar-refractivity contribution in [3.05, 3.63) is 59.1 Å². The van der Waals surface area contributed by atoms with Crippen molar-refractivity contribution in [2.75, 3.05) is 6.54 Å². The van der Waals surface area contributed by atoms with E-state index >= 15 is 0 Å². The maximum absolute atomic E-state index is 12.3. The molecule has 0 unspecified atom stereocenters. The van der Waals surface area contributed by atoms with E-state index in [0.717, 1.165) is 16.6 Å². The Morgan fingerprint density at radius 3 is 2.68 bits per heavy atom. The lowest BCUT2D eigenvalue weighted by Crippen LogP contribution is -2.42. The third kappa shape index (κ3) is 4.85. The van der Waals surface area contributed by atoms with Crippen molar-refractivity contribution in [2.45, 2.75) is 30.8 Å². The lowest BCUT2D eigenvalue weighted by Gasteiger charge is -2.13. The Kier molecular flexibility index (Phi) is 6.59. The van der Waals surface area contributed by atoms with Crippen molar-refractivity contribution in [2.24, 2.45) is 0 Å². The largest absolute Gasteiger partial charge is 0.338 e. The Morgan fingerprint density at radius 1 is 1.21 bits per heavy atom. The van der Waals surface area contributed by atoms with Crippen LogP contribution < -0.4 is 10.6 Å². The highest BCUT2D eigenvalue weighted by molar-refractivity contribution is 8.00. The topological polar surface area (TPSA) is 76.0 Å². The second-order valence-corrected chi connectivity index (χ2v) is 7.95. The molecule has 6 nitrogen and oxygen atoms in total. The molecule has 0 saturated carbocycles. The number of hydrogen-bond donors (Lipinski definition) is 2. The fourth-order valence-corrected chi connectivity index (χ4v) is 3.81. The minimum Gasteiger partial charge on any atom is -0.338 e. The molecule has 3 aromatic rings. The minimum absolute atomic E-state index is 0.368. The zero-order valence-corrected chi connectivity index (χ0v) is 17.2. The van der Waals surface area contributed by atoms with Crippen molar-refractivity contribution in [3.8, 4) is 0 Å². The third-order valence-corrected chi connectivity index (χ3v) is 5.41. The Morgan fingerprint density at radius 2 is 1.96 bits per heavy atom. The zero-order valence-electron chi connectivity index (χ0n) is 15.6. The van der Waals surface area contributed by atoms with E-state index < -0.39 is 11.3 Å². The monoisotopic (exact) mass is 416 g/mol. The number of hydrogen-bond acceptors (Lipinski definition) is 4. The molecule has 1 aromatic heterocycles. The number of nitrogens with zero attached hydrogens (tertiary/aromatic N) is 2. The number of imide groups is 1. The highest BCUT2D eigenvalue weighted by atomic mass is 35.5. The summed E-state index contributed by atoms with van der Waals surface area (Å²) < 4.78 is 2.06. The van der Waals surface area contributed by atoms with Gasteiger partial charge < -0.3 is 9.88 Å². The Balaban J connectivity index is 1.88. The van der Waals surface area contributed by atoms with E-state index in [1.165, 1.54) is 11.8 Å². The zero-order chi connectivity index (χ0) is 20.1. The van der Waals surface area contributed by atoms with Crippen LogP contribution in [0.25, 0.3) is 11.0 Å². The first kappa shape index (κ1) is 20.2. The molecule has 0 aliphatic carbocycles. The molecule has 8 heteroatoms. The van der Waals surface area contributed by atoms with Gasteiger partial charge >= 0.3 is 6.03 Å². The third-order valence-electron chi connectivity index (χ3n) is 4.08. The molecule has 0 radical (unpaired) electrons. The van der Waals surface area contributed by atoms with Gasteiger partial charge in [-0.25, -0.2) is 9.78 Å². The van der Waals surface area contributed by atoms with Crippen molar-refractivity contribution < 1.29 is 9.59 Å². The first-order valence-electron chi connectivity index (χ1n) is 8.93. The minimum atomic E-state index is -0.496. The van der Waals surface area contributed by atoms with Crippen LogP contribution in [0.2, 0.25) is 5.02 Å². The number of urea groups is 1. The first-order valence-corrected chi connectivity index (χ1v) is 10.2. The van der Waals surface area contributed by atoms with Crippen molar-refractivity contribution >= 4 is 46.3 Å². The lowest BCUT2D eigenvalue weighted by molar-refractivity contribution is -0.119. The fourth-order valence-electron chi connectivity index (χ4n) is 2.72. The molecule has 0 spiro atoms. The van der Waals surface area contributed by atoms with E-state index in [9.17, 15) is 9.59 Å². The quantitative estimate of drug-likeness (QED) is 0.594. The Hall–Kier alpha value is -2.51. The van der Waals surface area contributed by atoms with Gasteiger partial charge in [0.25, 0.3) is 0 Å². The number of imidazole rings is 1. The van der Waals surface area contributed by atoms with E-state index in [1.807, 2.05) is 48.5 Å². The number of benzene rings is 2. The number of amides is 3. The normalized spacial score (nSPS) is 12.0. The maximum Gasteiger partial charge on any atom is 0.321 e. The SMILES string of the molecule is CCNC(=O)NC(=O)[C@H](C)Sc1nc2cc(Cl)ccc2n1Cc1ccccc1. The molecule has 2 N–H and O–H groups in total. The van der Waals surface area contributed by atoms with Gasteiger partial charge in [0, 0.05) is 11.6 Å². The molecule has 0 fully saturated rings. The van der Waals surface area contributed by atoms with E-state index in [4.69, 9.17) is 11.6 Å². The summed E-state index contributed by atoms with van der Waals surface area (Å²) >= 11 is 7.42. The van der Waals surface area contributed by atoms with Gasteiger partial charge in [-0.3, -0.25) is 10.1 Å². The van der Waals surface area contributed by atoms with Crippen molar-refractivity contribution in [3.63, 3.8) is 0 Å². The Bertz CT molecular complexity index is 991. The summed E-state index contributed by atoms with van der Waals surface area (Å²) in [4.78, 5) is 28.6. The summed E-state index contributed by atoms with van der Waals surface area (Å²) in [5, 5.41) is 5.70. The van der Waals surface area contributed by atoms with Crippen molar-refractivity contribution in [1.82, 2.24) is 20.2 Å². The summed E-state index contributed by atoms with van der Waals surface area (Å²) in [6.45, 7) is 4.61. The van der Waals surface area contributed by atoms with Gasteiger partial charge in [0.15, 0.2) is 5.16 Å². The summed E-state index contributed by atoms with van der Waals surface area (Å²) in [5.41, 5.74) is 2.83. The smallest absolute Gasteiger partial charge is 0.321 e. The fraction of sp³-hybridized carbons (Fsp3) is 0.250. The van der Waals surface area contributed by atoms with Crippen LogP contribution in [-0.2, 0) is 11.3 Å². The maximum atomic E-state index is 12.3. The van der Waals surface area contributed by atoms with Gasteiger partial charge in [0.05, 0.1) is 22.8 Å². The van der Waals surface area contributed by atoms with Gasteiger partial charge in [0.1, 0.15) is 0 Å². The van der Waals surface area contributed by atoms with Gasteiger partial charge in [0.2, 0.25) is 5.91 Å². The number of halogens is 1. The molecule has 0 aliphatic heterocycles. The number of aromatic nitrogens is 2. The van der Waals surface area contributed by atoms with Gasteiger partial charge in [-0.15, -0.1) is 0 Å². The molecule has 146 valence electrons. The first-order chi connectivity index (χ1) is 13.5. The highest BCUT2D eigenvalue weighted by Crippen LogP contribution is 2.29. The van der Waals surface area contributed by atoms with Gasteiger partial charge in [-0.1, -0.05) is 53.7 Å². The summed E-state index contributed by atoms with van der Waals surface area (Å²) in [6.07, 6.45) is 0. The molecule has 1 heterocycles. The Labute approximate surface area is 172 Å². The van der Waals surface area contributed by atoms with Crippen LogP contribution in [0, 0.1) is 0 Å². The van der Waals surface area contributed by atoms with E-state index in [-0.39, 0.29) is 5.91 Å². The number of carbonyl (C=O) groups excluding carboxylic acids is 2. The van der Waals surface area contributed by atoms with E-state index in [1.54, 1.807) is 13.8 Å². The van der Waals surface area contributed by atoms with E-state index in [2.05, 4.69) is 20.2 Å². The van der Waals surface area contributed by atoms with Crippen LogP contribution in [0.3, 0.4) is 0 Å². The summed E-state index contributed by atoms with van der Waals surface area (Å²) in [5.74, 6) is -0.368.